The summed E-state index contributed by atoms with van der Waals surface area (Å²) >= 11 is 9.11. The van der Waals surface area contributed by atoms with Crippen LogP contribution < -0.4 is 10.1 Å². The SMILES string of the molecule is COc1cc(C(=O)Nc2cc(Br)cnc2Cl)ccc1F. The largest absolute Gasteiger partial charge is 0.494 e. The van der Waals surface area contributed by atoms with Crippen LogP contribution in [0.2, 0.25) is 5.15 Å². The van der Waals surface area contributed by atoms with Gasteiger partial charge < -0.3 is 10.1 Å². The number of ether oxygens (including phenoxy) is 1. The molecule has 0 unspecified atom stereocenters. The topological polar surface area (TPSA) is 51.2 Å². The predicted octanol–water partition coefficient (Wildman–Crippen LogP) is 3.90. The van der Waals surface area contributed by atoms with E-state index in [1.807, 2.05) is 0 Å². The van der Waals surface area contributed by atoms with Crippen molar-refractivity contribution in [3.05, 3.63) is 51.5 Å². The fraction of sp³-hybridized carbons (Fsp3) is 0.0769. The zero-order valence-corrected chi connectivity index (χ0v) is 12.6. The van der Waals surface area contributed by atoms with Crippen molar-refractivity contribution in [2.75, 3.05) is 12.4 Å². The molecule has 0 radical (unpaired) electrons. The highest BCUT2D eigenvalue weighted by Crippen LogP contribution is 2.24. The van der Waals surface area contributed by atoms with Crippen molar-refractivity contribution in [2.45, 2.75) is 0 Å². The zero-order valence-electron chi connectivity index (χ0n) is 10.3. The minimum absolute atomic E-state index is 0.00360. The minimum Gasteiger partial charge on any atom is -0.494 e. The van der Waals surface area contributed by atoms with Crippen LogP contribution in [0.3, 0.4) is 0 Å². The van der Waals surface area contributed by atoms with Crippen LogP contribution in [0.1, 0.15) is 10.4 Å². The van der Waals surface area contributed by atoms with Crippen LogP contribution in [0.25, 0.3) is 0 Å². The highest BCUT2D eigenvalue weighted by Gasteiger charge is 2.12. The summed E-state index contributed by atoms with van der Waals surface area (Å²) < 4.78 is 18.8. The van der Waals surface area contributed by atoms with E-state index in [1.54, 1.807) is 6.07 Å². The number of hydrogen-bond donors (Lipinski definition) is 1. The summed E-state index contributed by atoms with van der Waals surface area (Å²) in [4.78, 5) is 16.0. The van der Waals surface area contributed by atoms with Gasteiger partial charge in [0.15, 0.2) is 16.7 Å². The van der Waals surface area contributed by atoms with Gasteiger partial charge in [0.2, 0.25) is 0 Å². The number of anilines is 1. The van der Waals surface area contributed by atoms with E-state index in [1.165, 1.54) is 25.4 Å². The number of hydrogen-bond acceptors (Lipinski definition) is 3. The van der Waals surface area contributed by atoms with Crippen molar-refractivity contribution in [2.24, 2.45) is 0 Å². The number of carbonyl (C=O) groups is 1. The third-order valence-electron chi connectivity index (χ3n) is 2.47. The summed E-state index contributed by atoms with van der Waals surface area (Å²) in [5, 5.41) is 2.76. The quantitative estimate of drug-likeness (QED) is 0.846. The summed E-state index contributed by atoms with van der Waals surface area (Å²) in [5.74, 6) is -0.979. The molecule has 1 amide bonds. The highest BCUT2D eigenvalue weighted by atomic mass is 79.9. The summed E-state index contributed by atoms with van der Waals surface area (Å²) in [6, 6.07) is 5.44. The van der Waals surface area contributed by atoms with Crippen LogP contribution in [0.4, 0.5) is 10.1 Å². The van der Waals surface area contributed by atoms with E-state index in [0.717, 1.165) is 6.07 Å². The van der Waals surface area contributed by atoms with Crippen LogP contribution in [0, 0.1) is 5.82 Å². The number of aromatic nitrogens is 1. The van der Waals surface area contributed by atoms with Crippen LogP contribution in [-0.4, -0.2) is 18.0 Å². The van der Waals surface area contributed by atoms with Gasteiger partial charge in [-0.05, 0) is 40.2 Å². The molecule has 0 aliphatic rings. The summed E-state index contributed by atoms with van der Waals surface area (Å²) in [6.07, 6.45) is 1.51. The molecular formula is C13H9BrClFN2O2. The second kappa shape index (κ2) is 6.19. The molecule has 0 saturated carbocycles. The molecule has 4 nitrogen and oxygen atoms in total. The van der Waals surface area contributed by atoms with Crippen LogP contribution in [0.15, 0.2) is 34.9 Å². The molecule has 7 heteroatoms. The molecule has 1 N–H and O–H groups in total. The Bertz CT molecular complexity index is 667. The van der Waals surface area contributed by atoms with E-state index in [2.05, 4.69) is 26.2 Å². The van der Waals surface area contributed by atoms with Crippen molar-refractivity contribution in [1.29, 1.82) is 0 Å². The van der Waals surface area contributed by atoms with Gasteiger partial charge in [-0.25, -0.2) is 9.37 Å². The minimum atomic E-state index is -0.536. The standard InChI is InChI=1S/C13H9BrClFN2O2/c1-20-11-4-7(2-3-9(11)16)13(19)18-10-5-8(14)6-17-12(10)15/h2-6H,1H3,(H,18,19). The molecule has 1 heterocycles. The first kappa shape index (κ1) is 14.7. The maximum Gasteiger partial charge on any atom is 0.255 e. The molecule has 20 heavy (non-hydrogen) atoms. The number of nitrogens with one attached hydrogen (secondary N) is 1. The van der Waals surface area contributed by atoms with Crippen LogP contribution in [-0.2, 0) is 0 Å². The highest BCUT2D eigenvalue weighted by molar-refractivity contribution is 9.10. The van der Waals surface area contributed by atoms with E-state index < -0.39 is 11.7 Å². The Morgan fingerprint density at radius 3 is 2.90 bits per heavy atom. The van der Waals surface area contributed by atoms with Gasteiger partial charge in [-0.15, -0.1) is 0 Å². The third-order valence-corrected chi connectivity index (χ3v) is 3.20. The van der Waals surface area contributed by atoms with E-state index in [-0.39, 0.29) is 16.5 Å². The lowest BCUT2D eigenvalue weighted by Gasteiger charge is -2.08. The Kier molecular flexibility index (Phi) is 4.57. The summed E-state index contributed by atoms with van der Waals surface area (Å²) in [6.45, 7) is 0. The average Bonchev–Trinajstić information content (AvgIpc) is 2.43. The molecule has 1 aromatic carbocycles. The number of nitrogens with zero attached hydrogens (tertiary/aromatic N) is 1. The number of pyridine rings is 1. The fourth-order valence-electron chi connectivity index (χ4n) is 1.51. The van der Waals surface area contributed by atoms with E-state index in [4.69, 9.17) is 16.3 Å². The number of rotatable bonds is 3. The Morgan fingerprint density at radius 2 is 2.20 bits per heavy atom. The number of benzene rings is 1. The number of methoxy groups -OCH3 is 1. The molecule has 2 rings (SSSR count). The molecule has 0 atom stereocenters. The van der Waals surface area contributed by atoms with Gasteiger partial charge in [0.1, 0.15) is 0 Å². The van der Waals surface area contributed by atoms with E-state index in [9.17, 15) is 9.18 Å². The normalized spacial score (nSPS) is 10.2. The number of carbonyl (C=O) groups excluding carboxylic acids is 1. The van der Waals surface area contributed by atoms with Gasteiger partial charge in [0, 0.05) is 16.2 Å². The molecule has 0 aliphatic carbocycles. The Labute approximate surface area is 128 Å². The van der Waals surface area contributed by atoms with Gasteiger partial charge in [0.25, 0.3) is 5.91 Å². The number of amides is 1. The molecule has 104 valence electrons. The van der Waals surface area contributed by atoms with Crippen LogP contribution >= 0.6 is 27.5 Å². The third kappa shape index (κ3) is 3.26. The van der Waals surface area contributed by atoms with E-state index in [0.29, 0.717) is 10.2 Å². The lowest BCUT2D eigenvalue weighted by molar-refractivity contribution is 0.102. The summed E-state index contributed by atoms with van der Waals surface area (Å²) in [7, 11) is 1.33. The molecule has 2 aromatic rings. The second-order valence-corrected chi connectivity index (χ2v) is 5.07. The summed E-state index contributed by atoms with van der Waals surface area (Å²) in [5.41, 5.74) is 0.605. The van der Waals surface area contributed by atoms with Crippen molar-refractivity contribution in [3.63, 3.8) is 0 Å². The Hall–Kier alpha value is -1.66. The van der Waals surface area contributed by atoms with Gasteiger partial charge in [-0.3, -0.25) is 4.79 Å². The predicted molar refractivity (Wildman–Crippen MR) is 77.9 cm³/mol. The van der Waals surface area contributed by atoms with Crippen molar-refractivity contribution >= 4 is 39.1 Å². The van der Waals surface area contributed by atoms with Gasteiger partial charge >= 0.3 is 0 Å². The van der Waals surface area contributed by atoms with Gasteiger partial charge in [-0.1, -0.05) is 11.6 Å². The maximum atomic E-state index is 13.3. The molecule has 0 fully saturated rings. The first-order valence-electron chi connectivity index (χ1n) is 5.47. The lowest BCUT2D eigenvalue weighted by atomic mass is 10.2. The average molecular weight is 360 g/mol. The molecular weight excluding hydrogens is 351 g/mol. The van der Waals surface area contributed by atoms with Crippen LogP contribution in [0.5, 0.6) is 5.75 Å². The van der Waals surface area contributed by atoms with E-state index >= 15 is 0 Å². The van der Waals surface area contributed by atoms with Crippen molar-refractivity contribution in [1.82, 2.24) is 4.98 Å². The maximum absolute atomic E-state index is 13.3. The molecule has 0 spiro atoms. The first-order chi connectivity index (χ1) is 9.51. The lowest BCUT2D eigenvalue weighted by Crippen LogP contribution is -2.13. The zero-order chi connectivity index (χ0) is 14.7. The van der Waals surface area contributed by atoms with Crippen molar-refractivity contribution in [3.8, 4) is 5.75 Å². The smallest absolute Gasteiger partial charge is 0.255 e. The first-order valence-corrected chi connectivity index (χ1v) is 6.64. The number of halogens is 3. The molecule has 0 aliphatic heterocycles. The Balaban J connectivity index is 2.26. The second-order valence-electron chi connectivity index (χ2n) is 3.80. The monoisotopic (exact) mass is 358 g/mol. The van der Waals surface area contributed by atoms with Gasteiger partial charge in [-0.2, -0.15) is 0 Å². The molecule has 0 bridgehead atoms. The molecule has 0 saturated heterocycles. The molecule has 1 aromatic heterocycles. The van der Waals surface area contributed by atoms with Crippen molar-refractivity contribution < 1.29 is 13.9 Å². The van der Waals surface area contributed by atoms with Gasteiger partial charge in [0.05, 0.1) is 12.8 Å². The fourth-order valence-corrected chi connectivity index (χ4v) is 1.99. The Morgan fingerprint density at radius 1 is 1.45 bits per heavy atom.